The molecule has 0 saturated heterocycles. The van der Waals surface area contributed by atoms with Gasteiger partial charge < -0.3 is 5.73 Å². The predicted octanol–water partition coefficient (Wildman–Crippen LogP) is 2.43. The van der Waals surface area contributed by atoms with Crippen LogP contribution in [0.1, 0.15) is 12.0 Å². The number of hydrogen-bond donors (Lipinski definition) is 1. The highest BCUT2D eigenvalue weighted by molar-refractivity contribution is 7.99. The second-order valence-electron chi connectivity index (χ2n) is 4.07. The molecular formula is C13H14N4O2S. The topological polar surface area (TPSA) is 94.9 Å². The highest BCUT2D eigenvalue weighted by Gasteiger charge is 2.12. The van der Waals surface area contributed by atoms with Crippen LogP contribution in [0, 0.1) is 10.1 Å². The highest BCUT2D eigenvalue weighted by atomic mass is 32.2. The third kappa shape index (κ3) is 3.75. The van der Waals surface area contributed by atoms with E-state index < -0.39 is 0 Å². The van der Waals surface area contributed by atoms with Gasteiger partial charge in [0.25, 0.3) is 5.69 Å². The molecule has 1 aromatic heterocycles. The standard InChI is InChI=1S/C13H14N4O2S/c14-6-1-3-10-9-11(17(18)19)4-5-12(10)20-13-15-7-2-8-16-13/h2,4-5,7-9H,1,3,6,14H2. The van der Waals surface area contributed by atoms with Crippen molar-refractivity contribution in [3.63, 3.8) is 0 Å². The minimum Gasteiger partial charge on any atom is -0.330 e. The summed E-state index contributed by atoms with van der Waals surface area (Å²) < 4.78 is 0. The number of rotatable bonds is 6. The Hall–Kier alpha value is -1.99. The summed E-state index contributed by atoms with van der Waals surface area (Å²) in [6, 6.07) is 6.58. The zero-order valence-corrected chi connectivity index (χ0v) is 11.5. The van der Waals surface area contributed by atoms with Gasteiger partial charge >= 0.3 is 0 Å². The molecule has 2 aromatic rings. The van der Waals surface area contributed by atoms with Gasteiger partial charge in [-0.15, -0.1) is 0 Å². The minimum atomic E-state index is -0.389. The van der Waals surface area contributed by atoms with Crippen LogP contribution < -0.4 is 5.73 Å². The second-order valence-corrected chi connectivity index (χ2v) is 5.08. The molecule has 1 aromatic carbocycles. The Morgan fingerprint density at radius 2 is 2.05 bits per heavy atom. The van der Waals surface area contributed by atoms with Gasteiger partial charge in [-0.3, -0.25) is 10.1 Å². The Morgan fingerprint density at radius 1 is 1.30 bits per heavy atom. The lowest BCUT2D eigenvalue weighted by atomic mass is 10.1. The van der Waals surface area contributed by atoms with Gasteiger partial charge in [0.05, 0.1) is 4.92 Å². The molecule has 20 heavy (non-hydrogen) atoms. The average Bonchev–Trinajstić information content (AvgIpc) is 2.47. The fraction of sp³-hybridized carbons (Fsp3) is 0.231. The van der Waals surface area contributed by atoms with Crippen molar-refractivity contribution in [2.75, 3.05) is 6.54 Å². The summed E-state index contributed by atoms with van der Waals surface area (Å²) in [5.74, 6) is 0. The summed E-state index contributed by atoms with van der Waals surface area (Å²) in [6.07, 6.45) is 4.82. The molecule has 2 N–H and O–H groups in total. The van der Waals surface area contributed by atoms with Crippen molar-refractivity contribution >= 4 is 17.4 Å². The number of nitro benzene ring substituents is 1. The normalized spacial score (nSPS) is 10.4. The number of benzene rings is 1. The zero-order valence-electron chi connectivity index (χ0n) is 10.7. The first-order valence-corrected chi connectivity index (χ1v) is 6.94. The molecule has 0 fully saturated rings. The van der Waals surface area contributed by atoms with Crippen LogP contribution in [0.4, 0.5) is 5.69 Å². The van der Waals surface area contributed by atoms with Gasteiger partial charge in [0.15, 0.2) is 5.16 Å². The molecule has 0 aliphatic heterocycles. The zero-order chi connectivity index (χ0) is 14.4. The number of nitrogens with zero attached hydrogens (tertiary/aromatic N) is 3. The van der Waals surface area contributed by atoms with Crippen molar-refractivity contribution in [2.24, 2.45) is 5.73 Å². The first-order chi connectivity index (χ1) is 9.70. The largest absolute Gasteiger partial charge is 0.330 e. The van der Waals surface area contributed by atoms with E-state index in [9.17, 15) is 10.1 Å². The number of aryl methyl sites for hydroxylation is 1. The summed E-state index contributed by atoms with van der Waals surface area (Å²) in [5, 5.41) is 11.5. The molecule has 0 atom stereocenters. The Balaban J connectivity index is 2.28. The molecule has 0 radical (unpaired) electrons. The fourth-order valence-electron chi connectivity index (χ4n) is 1.70. The van der Waals surface area contributed by atoms with Crippen LogP contribution in [0.3, 0.4) is 0 Å². The molecule has 0 bridgehead atoms. The SMILES string of the molecule is NCCCc1cc([N+](=O)[O-])ccc1Sc1ncccn1. The molecule has 0 amide bonds. The number of aromatic nitrogens is 2. The molecule has 0 aliphatic rings. The lowest BCUT2D eigenvalue weighted by Crippen LogP contribution is -2.02. The van der Waals surface area contributed by atoms with Crippen LogP contribution in [0.25, 0.3) is 0 Å². The summed E-state index contributed by atoms with van der Waals surface area (Å²) in [5.41, 5.74) is 6.51. The van der Waals surface area contributed by atoms with Crippen molar-refractivity contribution in [3.05, 3.63) is 52.3 Å². The Bertz CT molecular complexity index is 592. The lowest BCUT2D eigenvalue weighted by molar-refractivity contribution is -0.385. The maximum atomic E-state index is 10.8. The van der Waals surface area contributed by atoms with Gasteiger partial charge in [0, 0.05) is 29.4 Å². The summed E-state index contributed by atoms with van der Waals surface area (Å²) >= 11 is 1.40. The smallest absolute Gasteiger partial charge is 0.269 e. The average molecular weight is 290 g/mol. The van der Waals surface area contributed by atoms with Crippen LogP contribution in [0.15, 0.2) is 46.7 Å². The molecule has 6 nitrogen and oxygen atoms in total. The third-order valence-electron chi connectivity index (χ3n) is 2.65. The minimum absolute atomic E-state index is 0.0929. The second kappa shape index (κ2) is 6.97. The van der Waals surface area contributed by atoms with Crippen LogP contribution in [-0.2, 0) is 6.42 Å². The van der Waals surface area contributed by atoms with Gasteiger partial charge in [-0.1, -0.05) is 0 Å². The van der Waals surface area contributed by atoms with Gasteiger partial charge in [-0.25, -0.2) is 9.97 Å². The number of hydrogen-bond acceptors (Lipinski definition) is 6. The van der Waals surface area contributed by atoms with Crippen LogP contribution in [-0.4, -0.2) is 21.4 Å². The molecule has 0 unspecified atom stereocenters. The molecule has 0 spiro atoms. The van der Waals surface area contributed by atoms with E-state index in [2.05, 4.69) is 9.97 Å². The Kier molecular flexibility index (Phi) is 5.03. The van der Waals surface area contributed by atoms with Gasteiger partial charge in [0.1, 0.15) is 0 Å². The van der Waals surface area contributed by atoms with Crippen molar-refractivity contribution in [3.8, 4) is 0 Å². The first-order valence-electron chi connectivity index (χ1n) is 6.13. The van der Waals surface area contributed by atoms with Crippen molar-refractivity contribution in [1.82, 2.24) is 9.97 Å². The highest BCUT2D eigenvalue weighted by Crippen LogP contribution is 2.31. The Labute approximate surface area is 120 Å². The predicted molar refractivity (Wildman–Crippen MR) is 76.6 cm³/mol. The molecule has 104 valence electrons. The first kappa shape index (κ1) is 14.4. The molecular weight excluding hydrogens is 276 g/mol. The van der Waals surface area contributed by atoms with E-state index in [1.165, 1.54) is 17.8 Å². The fourth-order valence-corrected chi connectivity index (χ4v) is 2.56. The molecule has 0 aliphatic carbocycles. The van der Waals surface area contributed by atoms with Gasteiger partial charge in [-0.05, 0) is 48.8 Å². The summed E-state index contributed by atoms with van der Waals surface area (Å²) in [7, 11) is 0. The van der Waals surface area contributed by atoms with E-state index in [-0.39, 0.29) is 10.6 Å². The van der Waals surface area contributed by atoms with E-state index >= 15 is 0 Å². The van der Waals surface area contributed by atoms with E-state index in [1.807, 2.05) is 0 Å². The number of nitrogens with two attached hydrogens (primary N) is 1. The maximum Gasteiger partial charge on any atom is 0.269 e. The summed E-state index contributed by atoms with van der Waals surface area (Å²) in [6.45, 7) is 0.550. The Morgan fingerprint density at radius 3 is 2.70 bits per heavy atom. The van der Waals surface area contributed by atoms with Crippen LogP contribution >= 0.6 is 11.8 Å². The molecule has 2 rings (SSSR count). The summed E-state index contributed by atoms with van der Waals surface area (Å²) in [4.78, 5) is 19.7. The quantitative estimate of drug-likeness (QED) is 0.498. The van der Waals surface area contributed by atoms with E-state index in [0.29, 0.717) is 18.1 Å². The maximum absolute atomic E-state index is 10.8. The van der Waals surface area contributed by atoms with Crippen molar-refractivity contribution in [1.29, 1.82) is 0 Å². The van der Waals surface area contributed by atoms with Crippen molar-refractivity contribution in [2.45, 2.75) is 22.9 Å². The molecule has 0 saturated carbocycles. The van der Waals surface area contributed by atoms with Crippen molar-refractivity contribution < 1.29 is 4.92 Å². The van der Waals surface area contributed by atoms with E-state index in [0.717, 1.165) is 16.9 Å². The van der Waals surface area contributed by atoms with Crippen LogP contribution in [0.5, 0.6) is 0 Å². The molecule has 1 heterocycles. The monoisotopic (exact) mass is 290 g/mol. The van der Waals surface area contributed by atoms with Gasteiger partial charge in [0.2, 0.25) is 0 Å². The molecule has 7 heteroatoms. The third-order valence-corrected chi connectivity index (χ3v) is 3.66. The number of non-ortho nitro benzene ring substituents is 1. The van der Waals surface area contributed by atoms with E-state index in [1.54, 1.807) is 30.6 Å². The van der Waals surface area contributed by atoms with Gasteiger partial charge in [-0.2, -0.15) is 0 Å². The van der Waals surface area contributed by atoms with Crippen LogP contribution in [0.2, 0.25) is 0 Å². The number of nitro groups is 1. The lowest BCUT2D eigenvalue weighted by Gasteiger charge is -2.07. The van der Waals surface area contributed by atoms with E-state index in [4.69, 9.17) is 5.73 Å².